The van der Waals surface area contributed by atoms with Crippen molar-refractivity contribution in [2.75, 3.05) is 0 Å². The van der Waals surface area contributed by atoms with E-state index in [9.17, 15) is 4.79 Å². The lowest BCUT2D eigenvalue weighted by molar-refractivity contribution is 0.0697. The molecule has 2 rings (SSSR count). The highest BCUT2D eigenvalue weighted by atomic mass is 32.2. The van der Waals surface area contributed by atoms with Gasteiger partial charge in [0, 0.05) is 11.9 Å². The average molecular weight is 333 g/mol. The van der Waals surface area contributed by atoms with E-state index in [4.69, 9.17) is 29.5 Å². The molecule has 1 N–H and O–H groups in total. The van der Waals surface area contributed by atoms with Crippen LogP contribution in [-0.4, -0.2) is 25.1 Å². The maximum atomic E-state index is 10.8. The van der Waals surface area contributed by atoms with Gasteiger partial charge in [0.25, 0.3) is 0 Å². The number of hydrogen-bond donors (Lipinski definition) is 1. The highest BCUT2D eigenvalue weighted by molar-refractivity contribution is 8.26. The Kier molecular flexibility index (Phi) is 5.55. The van der Waals surface area contributed by atoms with Crippen molar-refractivity contribution in [2.24, 2.45) is 0 Å². The van der Waals surface area contributed by atoms with Crippen LogP contribution in [0.5, 0.6) is 0 Å². The summed E-state index contributed by atoms with van der Waals surface area (Å²) in [7, 11) is 0. The number of thioether (sulfide) groups is 1. The normalized spacial score (nSPS) is 10.1. The lowest BCUT2D eigenvalue weighted by Gasteiger charge is -2.05. The number of thiocarbonyl (C=S) groups is 2. The van der Waals surface area contributed by atoms with E-state index in [1.165, 1.54) is 11.8 Å². The number of pyridine rings is 1. The zero-order valence-electron chi connectivity index (χ0n) is 10.9. The Labute approximate surface area is 137 Å². The summed E-state index contributed by atoms with van der Waals surface area (Å²) in [5.74, 6) is -0.285. The predicted octanol–water partition coefficient (Wildman–Crippen LogP) is 3.76. The lowest BCUT2D eigenvalue weighted by Crippen LogP contribution is -2.08. The van der Waals surface area contributed by atoms with Gasteiger partial charge in [0.1, 0.15) is 0 Å². The van der Waals surface area contributed by atoms with E-state index in [1.54, 1.807) is 30.5 Å². The van der Waals surface area contributed by atoms with Crippen LogP contribution < -0.4 is 0 Å². The van der Waals surface area contributed by atoms with Gasteiger partial charge in [-0.05, 0) is 29.8 Å². The Morgan fingerprint density at radius 3 is 2.43 bits per heavy atom. The largest absolute Gasteiger partial charge is 0.478 e. The molecule has 0 saturated heterocycles. The van der Waals surface area contributed by atoms with Gasteiger partial charge in [-0.15, -0.1) is 11.8 Å². The minimum Gasteiger partial charge on any atom is -0.478 e. The summed E-state index contributed by atoms with van der Waals surface area (Å²) < 4.78 is 0.617. The fourth-order valence-electron chi connectivity index (χ4n) is 1.56. The highest BCUT2D eigenvalue weighted by Gasteiger charge is 2.10. The number of carboxylic acid groups (broad SMARTS) is 1. The van der Waals surface area contributed by atoms with E-state index >= 15 is 0 Å². The molecule has 1 aromatic heterocycles. The number of aromatic nitrogens is 1. The number of benzene rings is 1. The first-order valence-corrected chi connectivity index (χ1v) is 7.83. The molecule has 106 valence electrons. The number of nitrogens with zero attached hydrogens (tertiary/aromatic N) is 1. The quantitative estimate of drug-likeness (QED) is 0.664. The zero-order chi connectivity index (χ0) is 15.2. The molecule has 0 saturated carbocycles. The summed E-state index contributed by atoms with van der Waals surface area (Å²) in [5, 5.41) is 8.84. The Morgan fingerprint density at radius 1 is 1.14 bits per heavy atom. The number of hydrogen-bond acceptors (Lipinski definition) is 5. The van der Waals surface area contributed by atoms with Crippen LogP contribution in [0.15, 0.2) is 48.7 Å². The van der Waals surface area contributed by atoms with E-state index in [0.717, 1.165) is 5.56 Å². The Bertz CT molecular complexity index is 669. The first-order valence-electron chi connectivity index (χ1n) is 6.02. The van der Waals surface area contributed by atoms with Crippen molar-refractivity contribution in [1.82, 2.24) is 4.98 Å². The molecule has 1 aromatic carbocycles. The van der Waals surface area contributed by atoms with E-state index in [0.29, 0.717) is 20.5 Å². The minimum absolute atomic E-state index is 0.273. The van der Waals surface area contributed by atoms with E-state index in [2.05, 4.69) is 4.98 Å². The molecular formula is C15H11NO2S3. The maximum Gasteiger partial charge on any atom is 0.335 e. The third-order valence-electron chi connectivity index (χ3n) is 2.65. The molecule has 2 aromatic rings. The minimum atomic E-state index is -0.930. The topological polar surface area (TPSA) is 50.2 Å². The van der Waals surface area contributed by atoms with Crippen LogP contribution in [0, 0.1) is 0 Å². The van der Waals surface area contributed by atoms with Gasteiger partial charge >= 0.3 is 5.97 Å². The standard InChI is InChI=1S/C15H11NO2S3/c17-14(18)11-6-4-10(5-7-11)9-21-15(20)13(19)12-3-1-2-8-16-12/h1-8H,9H2,(H,17,18). The van der Waals surface area contributed by atoms with Crippen LogP contribution >= 0.6 is 36.2 Å². The number of carboxylic acids is 1. The van der Waals surface area contributed by atoms with E-state index < -0.39 is 5.97 Å². The fraction of sp³-hybridized carbons (Fsp3) is 0.0667. The Balaban J connectivity index is 1.95. The molecule has 6 heteroatoms. The van der Waals surface area contributed by atoms with Crippen molar-refractivity contribution in [2.45, 2.75) is 5.75 Å². The monoisotopic (exact) mass is 333 g/mol. The molecule has 0 amide bonds. The van der Waals surface area contributed by atoms with Gasteiger partial charge in [-0.25, -0.2) is 4.79 Å². The van der Waals surface area contributed by atoms with Crippen LogP contribution in [0.2, 0.25) is 0 Å². The van der Waals surface area contributed by atoms with Crippen LogP contribution in [0.25, 0.3) is 0 Å². The Hall–Kier alpha value is -1.63. The maximum absolute atomic E-state index is 10.8. The number of carbonyl (C=O) groups is 1. The van der Waals surface area contributed by atoms with Crippen LogP contribution in [0.4, 0.5) is 0 Å². The van der Waals surface area contributed by atoms with Gasteiger partial charge in [0.2, 0.25) is 0 Å². The molecule has 0 spiro atoms. The van der Waals surface area contributed by atoms with Crippen molar-refractivity contribution in [3.05, 3.63) is 65.5 Å². The van der Waals surface area contributed by atoms with Crippen molar-refractivity contribution >= 4 is 51.2 Å². The highest BCUT2D eigenvalue weighted by Crippen LogP contribution is 2.18. The summed E-state index contributed by atoms with van der Waals surface area (Å²) in [6, 6.07) is 12.2. The third-order valence-corrected chi connectivity index (χ3v) is 4.83. The van der Waals surface area contributed by atoms with Gasteiger partial charge in [-0.2, -0.15) is 0 Å². The van der Waals surface area contributed by atoms with Gasteiger partial charge < -0.3 is 5.11 Å². The van der Waals surface area contributed by atoms with E-state index in [1.807, 2.05) is 18.2 Å². The fourth-order valence-corrected chi connectivity index (χ4v) is 2.86. The molecule has 1 heterocycles. The van der Waals surface area contributed by atoms with Gasteiger partial charge in [-0.1, -0.05) is 42.6 Å². The molecule has 0 aliphatic carbocycles. The van der Waals surface area contributed by atoms with E-state index in [-0.39, 0.29) is 5.56 Å². The molecule has 0 radical (unpaired) electrons. The summed E-state index contributed by atoms with van der Waals surface area (Å²) in [4.78, 5) is 15.5. The van der Waals surface area contributed by atoms with Crippen LogP contribution in [0.3, 0.4) is 0 Å². The molecule has 0 aliphatic rings. The van der Waals surface area contributed by atoms with Gasteiger partial charge in [0.15, 0.2) is 0 Å². The smallest absolute Gasteiger partial charge is 0.335 e. The van der Waals surface area contributed by atoms with Crippen molar-refractivity contribution < 1.29 is 9.90 Å². The zero-order valence-corrected chi connectivity index (χ0v) is 13.3. The Morgan fingerprint density at radius 2 is 1.86 bits per heavy atom. The molecule has 0 unspecified atom stereocenters. The summed E-state index contributed by atoms with van der Waals surface area (Å²) in [5.41, 5.74) is 1.97. The first kappa shape index (κ1) is 15.8. The molecule has 0 atom stereocenters. The lowest BCUT2D eigenvalue weighted by atomic mass is 10.1. The number of aromatic carboxylic acids is 1. The molecule has 21 heavy (non-hydrogen) atoms. The van der Waals surface area contributed by atoms with Crippen LogP contribution in [-0.2, 0) is 5.75 Å². The van der Waals surface area contributed by atoms with Crippen LogP contribution in [0.1, 0.15) is 21.6 Å². The van der Waals surface area contributed by atoms with Crippen molar-refractivity contribution in [3.8, 4) is 0 Å². The van der Waals surface area contributed by atoms with Crippen molar-refractivity contribution in [3.63, 3.8) is 0 Å². The predicted molar refractivity (Wildman–Crippen MR) is 93.2 cm³/mol. The molecule has 3 nitrogen and oxygen atoms in total. The molecule has 0 aliphatic heterocycles. The number of rotatable bonds is 5. The van der Waals surface area contributed by atoms with Crippen molar-refractivity contribution in [1.29, 1.82) is 0 Å². The molecule has 0 fully saturated rings. The molecular weight excluding hydrogens is 322 g/mol. The second-order valence-corrected chi connectivity index (χ2v) is 6.18. The molecule has 0 bridgehead atoms. The SMILES string of the molecule is O=C(O)c1ccc(CSC(=S)C(=S)c2ccccn2)cc1. The first-order chi connectivity index (χ1) is 10.1. The average Bonchev–Trinajstić information content (AvgIpc) is 2.53. The van der Waals surface area contributed by atoms with Gasteiger partial charge in [-0.3, -0.25) is 4.98 Å². The van der Waals surface area contributed by atoms with Gasteiger partial charge in [0.05, 0.1) is 20.3 Å². The summed E-state index contributed by atoms with van der Waals surface area (Å²) in [6.07, 6.45) is 1.68. The summed E-state index contributed by atoms with van der Waals surface area (Å²) in [6.45, 7) is 0. The third kappa shape index (κ3) is 4.42. The second kappa shape index (κ2) is 7.40. The summed E-state index contributed by atoms with van der Waals surface area (Å²) >= 11 is 12.1. The second-order valence-electron chi connectivity index (χ2n) is 4.12.